The predicted octanol–water partition coefficient (Wildman–Crippen LogP) is 3.07. The summed E-state index contributed by atoms with van der Waals surface area (Å²) in [5.41, 5.74) is 1.99. The van der Waals surface area contributed by atoms with Crippen molar-refractivity contribution in [2.45, 2.75) is 18.8 Å². The Morgan fingerprint density at radius 2 is 2.20 bits per heavy atom. The van der Waals surface area contributed by atoms with Crippen molar-refractivity contribution in [3.63, 3.8) is 0 Å². The lowest BCUT2D eigenvalue weighted by molar-refractivity contribution is -0.111. The Bertz CT molecular complexity index is 397. The lowest BCUT2D eigenvalue weighted by Crippen LogP contribution is -2.07. The van der Waals surface area contributed by atoms with Gasteiger partial charge in [-0.25, -0.2) is 4.39 Å². The Kier molecular flexibility index (Phi) is 2.67. The first-order valence-electron chi connectivity index (χ1n) is 5.08. The highest BCUT2D eigenvalue weighted by atomic mass is 19.1. The van der Waals surface area contributed by atoms with Crippen molar-refractivity contribution in [3.05, 3.63) is 47.8 Å². The number of carbonyl (C=O) groups is 1. The normalized spacial score (nSPS) is 25.5. The third-order valence-corrected chi connectivity index (χ3v) is 3.00. The third-order valence-electron chi connectivity index (χ3n) is 3.00. The molecule has 1 aliphatic carbocycles. The van der Waals surface area contributed by atoms with Crippen LogP contribution in [0.5, 0.6) is 0 Å². The smallest absolute Gasteiger partial charge is 0.124 e. The van der Waals surface area contributed by atoms with Crippen LogP contribution < -0.4 is 0 Å². The van der Waals surface area contributed by atoms with Gasteiger partial charge in [0.2, 0.25) is 0 Å². The quantitative estimate of drug-likeness (QED) is 0.534. The molecule has 0 aliphatic heterocycles. The lowest BCUT2D eigenvalue weighted by atomic mass is 9.90. The van der Waals surface area contributed by atoms with E-state index < -0.39 is 0 Å². The fraction of sp³-hybridized carbons (Fsp3) is 0.308. The largest absolute Gasteiger partial charge is 0.303 e. The molecule has 1 aromatic carbocycles. The van der Waals surface area contributed by atoms with E-state index in [1.165, 1.54) is 12.1 Å². The molecule has 1 aromatic rings. The molecule has 0 spiro atoms. The molecule has 15 heavy (non-hydrogen) atoms. The Morgan fingerprint density at radius 1 is 1.40 bits per heavy atom. The van der Waals surface area contributed by atoms with Gasteiger partial charge < -0.3 is 4.79 Å². The minimum absolute atomic E-state index is 0.0284. The summed E-state index contributed by atoms with van der Waals surface area (Å²) in [6, 6.07) is 6.50. The van der Waals surface area contributed by atoms with E-state index in [-0.39, 0.29) is 17.7 Å². The number of hydrogen-bond donors (Lipinski definition) is 0. The van der Waals surface area contributed by atoms with Gasteiger partial charge in [0, 0.05) is 5.92 Å². The summed E-state index contributed by atoms with van der Waals surface area (Å²) in [6.45, 7) is 3.90. The molecule has 0 heterocycles. The highest BCUT2D eigenvalue weighted by Gasteiger charge is 2.30. The minimum atomic E-state index is -0.241. The molecule has 0 bridgehead atoms. The van der Waals surface area contributed by atoms with Gasteiger partial charge in [0.15, 0.2) is 0 Å². The molecular weight excluding hydrogens is 191 g/mol. The molecule has 0 N–H and O–H groups in total. The summed E-state index contributed by atoms with van der Waals surface area (Å²) in [5, 5.41) is 0. The molecule has 2 atom stereocenters. The number of hydrogen-bond acceptors (Lipinski definition) is 1. The molecular formula is C13H13FO. The molecule has 1 nitrogen and oxygen atoms in total. The van der Waals surface area contributed by atoms with Crippen molar-refractivity contribution in [2.75, 3.05) is 0 Å². The Balaban J connectivity index is 2.30. The maximum atomic E-state index is 13.0. The number of rotatable bonds is 2. The van der Waals surface area contributed by atoms with Crippen molar-refractivity contribution in [3.8, 4) is 0 Å². The number of allylic oxidation sites excluding steroid dienone is 1. The Morgan fingerprint density at radius 3 is 2.87 bits per heavy atom. The number of aldehydes is 1. The Labute approximate surface area is 88.6 Å². The fourth-order valence-electron chi connectivity index (χ4n) is 2.27. The minimum Gasteiger partial charge on any atom is -0.303 e. The molecule has 1 aliphatic rings. The SMILES string of the molecule is C=C1CC(C=O)C(c2cccc(F)c2)C1. The Hall–Kier alpha value is -1.44. The van der Waals surface area contributed by atoms with Gasteiger partial charge in [-0.05, 0) is 36.5 Å². The van der Waals surface area contributed by atoms with Crippen LogP contribution in [-0.2, 0) is 4.79 Å². The third kappa shape index (κ3) is 1.99. The second-order valence-electron chi connectivity index (χ2n) is 4.12. The number of carbonyl (C=O) groups excluding carboxylic acids is 1. The highest BCUT2D eigenvalue weighted by Crippen LogP contribution is 2.40. The molecule has 2 unspecified atom stereocenters. The summed E-state index contributed by atoms with van der Waals surface area (Å²) in [5.74, 6) is -0.153. The molecule has 0 radical (unpaired) electrons. The van der Waals surface area contributed by atoms with Crippen LogP contribution in [0.15, 0.2) is 36.4 Å². The first-order chi connectivity index (χ1) is 7.20. The van der Waals surface area contributed by atoms with E-state index in [0.717, 1.165) is 30.3 Å². The van der Waals surface area contributed by atoms with Gasteiger partial charge in [-0.3, -0.25) is 0 Å². The van der Waals surface area contributed by atoms with Gasteiger partial charge in [0.05, 0.1) is 0 Å². The topological polar surface area (TPSA) is 17.1 Å². The van der Waals surface area contributed by atoms with Crippen LogP contribution in [0.4, 0.5) is 4.39 Å². The van der Waals surface area contributed by atoms with Gasteiger partial charge in [-0.2, -0.15) is 0 Å². The summed E-state index contributed by atoms with van der Waals surface area (Å²) < 4.78 is 13.0. The van der Waals surface area contributed by atoms with Crippen LogP contribution in [0, 0.1) is 11.7 Å². The molecule has 78 valence electrons. The average molecular weight is 204 g/mol. The van der Waals surface area contributed by atoms with Crippen molar-refractivity contribution in [1.29, 1.82) is 0 Å². The van der Waals surface area contributed by atoms with Gasteiger partial charge >= 0.3 is 0 Å². The van der Waals surface area contributed by atoms with Crippen LogP contribution >= 0.6 is 0 Å². The van der Waals surface area contributed by atoms with E-state index in [9.17, 15) is 9.18 Å². The van der Waals surface area contributed by atoms with Gasteiger partial charge in [-0.15, -0.1) is 0 Å². The monoisotopic (exact) mass is 204 g/mol. The van der Waals surface area contributed by atoms with E-state index in [4.69, 9.17) is 0 Å². The van der Waals surface area contributed by atoms with Crippen molar-refractivity contribution >= 4 is 6.29 Å². The first-order valence-corrected chi connectivity index (χ1v) is 5.08. The zero-order valence-corrected chi connectivity index (χ0v) is 8.45. The maximum absolute atomic E-state index is 13.0. The number of halogens is 1. The van der Waals surface area contributed by atoms with Gasteiger partial charge in [-0.1, -0.05) is 24.3 Å². The van der Waals surface area contributed by atoms with E-state index in [2.05, 4.69) is 6.58 Å². The predicted molar refractivity (Wildman–Crippen MR) is 57.1 cm³/mol. The highest BCUT2D eigenvalue weighted by molar-refractivity contribution is 5.58. The van der Waals surface area contributed by atoms with Crippen LogP contribution in [0.25, 0.3) is 0 Å². The molecule has 1 fully saturated rings. The molecule has 2 heteroatoms. The molecule has 0 saturated heterocycles. The summed E-state index contributed by atoms with van der Waals surface area (Å²) in [7, 11) is 0. The zero-order valence-electron chi connectivity index (χ0n) is 8.45. The second kappa shape index (κ2) is 3.97. The van der Waals surface area contributed by atoms with Crippen LogP contribution in [0.3, 0.4) is 0 Å². The van der Waals surface area contributed by atoms with Gasteiger partial charge in [0.25, 0.3) is 0 Å². The lowest BCUT2D eigenvalue weighted by Gasteiger charge is -2.13. The van der Waals surface area contributed by atoms with E-state index in [1.54, 1.807) is 6.07 Å². The molecule has 1 saturated carbocycles. The van der Waals surface area contributed by atoms with E-state index >= 15 is 0 Å². The summed E-state index contributed by atoms with van der Waals surface area (Å²) in [4.78, 5) is 10.9. The first kappa shape index (κ1) is 10.1. The average Bonchev–Trinajstić information content (AvgIpc) is 2.59. The standard InChI is InChI=1S/C13H13FO/c1-9-5-11(8-15)13(6-9)10-3-2-4-12(14)7-10/h2-4,7-8,11,13H,1,5-6H2. The number of benzene rings is 1. The zero-order chi connectivity index (χ0) is 10.8. The van der Waals surface area contributed by atoms with Crippen molar-refractivity contribution in [1.82, 2.24) is 0 Å². The molecule has 2 rings (SSSR count). The van der Waals surface area contributed by atoms with Crippen LogP contribution in [-0.4, -0.2) is 6.29 Å². The molecule has 0 aromatic heterocycles. The van der Waals surface area contributed by atoms with E-state index in [0.29, 0.717) is 0 Å². The summed E-state index contributed by atoms with van der Waals surface area (Å²) in [6.07, 6.45) is 2.51. The van der Waals surface area contributed by atoms with E-state index in [1.807, 2.05) is 6.07 Å². The fourth-order valence-corrected chi connectivity index (χ4v) is 2.27. The summed E-state index contributed by atoms with van der Waals surface area (Å²) >= 11 is 0. The van der Waals surface area contributed by atoms with Crippen molar-refractivity contribution < 1.29 is 9.18 Å². The molecule has 0 amide bonds. The van der Waals surface area contributed by atoms with Gasteiger partial charge in [0.1, 0.15) is 12.1 Å². The van der Waals surface area contributed by atoms with Crippen molar-refractivity contribution in [2.24, 2.45) is 5.92 Å². The maximum Gasteiger partial charge on any atom is 0.124 e. The second-order valence-corrected chi connectivity index (χ2v) is 4.12. The van der Waals surface area contributed by atoms with Crippen LogP contribution in [0.2, 0.25) is 0 Å². The van der Waals surface area contributed by atoms with Crippen LogP contribution in [0.1, 0.15) is 24.3 Å².